The van der Waals surface area contributed by atoms with E-state index in [-0.39, 0.29) is 11.5 Å². The molecule has 1 fully saturated rings. The van der Waals surface area contributed by atoms with Gasteiger partial charge in [-0.25, -0.2) is 0 Å². The number of nitrogens with zero attached hydrogens (tertiary/aromatic N) is 2. The van der Waals surface area contributed by atoms with E-state index in [1.165, 1.54) is 6.20 Å². The third-order valence-electron chi connectivity index (χ3n) is 3.47. The zero-order valence-electron chi connectivity index (χ0n) is 14.0. The third kappa shape index (κ3) is 9.18. The molecular formula is C16H28N4O3. The topological polar surface area (TPSA) is 86.6 Å². The summed E-state index contributed by atoms with van der Waals surface area (Å²) in [5.41, 5.74) is 0.104. The Hall–Kier alpha value is -1.62. The van der Waals surface area contributed by atoms with Gasteiger partial charge >= 0.3 is 0 Å². The van der Waals surface area contributed by atoms with E-state index in [4.69, 9.17) is 14.7 Å². The van der Waals surface area contributed by atoms with Crippen LogP contribution in [0.4, 0.5) is 0 Å². The maximum absolute atomic E-state index is 11.8. The molecule has 0 radical (unpaired) electrons. The smallest absolute Gasteiger partial charge is 0.263 e. The van der Waals surface area contributed by atoms with Gasteiger partial charge in [-0.2, -0.15) is 5.26 Å². The first-order chi connectivity index (χ1) is 11.3. The van der Waals surface area contributed by atoms with Crippen LogP contribution >= 0.6 is 0 Å². The fraction of sp³-hybridized carbons (Fsp3) is 0.750. The lowest BCUT2D eigenvalue weighted by Crippen LogP contribution is -2.37. The fourth-order valence-electron chi connectivity index (χ4n) is 2.17. The van der Waals surface area contributed by atoms with Crippen LogP contribution in [0, 0.1) is 11.3 Å². The molecule has 0 bridgehead atoms. The molecule has 0 atom stereocenters. The number of rotatable bonds is 11. The summed E-state index contributed by atoms with van der Waals surface area (Å²) >= 11 is 0. The van der Waals surface area contributed by atoms with Gasteiger partial charge < -0.3 is 20.1 Å². The highest BCUT2D eigenvalue weighted by Crippen LogP contribution is 1.97. The van der Waals surface area contributed by atoms with Gasteiger partial charge in [0.2, 0.25) is 0 Å². The second-order valence-electron chi connectivity index (χ2n) is 5.24. The normalized spacial score (nSPS) is 15.9. The predicted molar refractivity (Wildman–Crippen MR) is 87.7 cm³/mol. The van der Waals surface area contributed by atoms with Gasteiger partial charge in [0.15, 0.2) is 0 Å². The minimum atomic E-state index is -0.343. The molecule has 0 aromatic rings. The average Bonchev–Trinajstić information content (AvgIpc) is 2.58. The molecule has 0 aromatic heterocycles. The van der Waals surface area contributed by atoms with Gasteiger partial charge in [0.1, 0.15) is 11.6 Å². The van der Waals surface area contributed by atoms with Crippen LogP contribution in [0.25, 0.3) is 0 Å². The number of ether oxygens (including phenoxy) is 2. The molecule has 23 heavy (non-hydrogen) atoms. The van der Waals surface area contributed by atoms with Crippen molar-refractivity contribution < 1.29 is 14.3 Å². The van der Waals surface area contributed by atoms with E-state index in [0.29, 0.717) is 19.8 Å². The molecule has 1 aliphatic heterocycles. The van der Waals surface area contributed by atoms with Crippen molar-refractivity contribution in [1.82, 2.24) is 15.5 Å². The van der Waals surface area contributed by atoms with Crippen molar-refractivity contribution in [3.05, 3.63) is 11.8 Å². The van der Waals surface area contributed by atoms with Crippen LogP contribution < -0.4 is 10.6 Å². The Morgan fingerprint density at radius 3 is 2.83 bits per heavy atom. The first kappa shape index (κ1) is 19.4. The van der Waals surface area contributed by atoms with Gasteiger partial charge in [0.05, 0.1) is 13.2 Å². The summed E-state index contributed by atoms with van der Waals surface area (Å²) in [7, 11) is 0. The van der Waals surface area contributed by atoms with Crippen LogP contribution in [0.15, 0.2) is 11.8 Å². The Labute approximate surface area is 138 Å². The van der Waals surface area contributed by atoms with Crippen LogP contribution in [0.1, 0.15) is 19.8 Å². The number of hydrogen-bond donors (Lipinski definition) is 2. The minimum Gasteiger partial charge on any atom is -0.390 e. The van der Waals surface area contributed by atoms with Crippen molar-refractivity contribution >= 4 is 5.91 Å². The van der Waals surface area contributed by atoms with Gasteiger partial charge in [0, 0.05) is 45.6 Å². The standard InChI is InChI=1S/C16H28N4O3/c1-2-22-10-4-6-19-16(21)15(13-17)14-18-5-3-7-20-8-11-23-12-9-20/h14,18H,2-12H2,1H3,(H,19,21)/b15-14-. The lowest BCUT2D eigenvalue weighted by Gasteiger charge is -2.26. The highest BCUT2D eigenvalue weighted by atomic mass is 16.5. The number of amides is 1. The van der Waals surface area contributed by atoms with Gasteiger partial charge in [-0.3, -0.25) is 9.69 Å². The predicted octanol–water partition coefficient (Wildman–Crippen LogP) is 0.249. The Balaban J connectivity index is 2.13. The van der Waals surface area contributed by atoms with Crippen LogP contribution in [0.2, 0.25) is 0 Å². The van der Waals surface area contributed by atoms with E-state index in [0.717, 1.165) is 52.2 Å². The monoisotopic (exact) mass is 324 g/mol. The molecule has 130 valence electrons. The molecule has 0 aromatic carbocycles. The molecule has 2 N–H and O–H groups in total. The largest absolute Gasteiger partial charge is 0.390 e. The van der Waals surface area contributed by atoms with Crippen LogP contribution in [-0.2, 0) is 14.3 Å². The van der Waals surface area contributed by atoms with E-state index < -0.39 is 0 Å². The molecule has 0 saturated carbocycles. The SMILES string of the molecule is CCOCCCNC(=O)/C(C#N)=C\NCCCN1CCOCC1. The van der Waals surface area contributed by atoms with Gasteiger partial charge in [-0.15, -0.1) is 0 Å². The zero-order chi connectivity index (χ0) is 16.8. The molecule has 0 spiro atoms. The number of hydrogen-bond acceptors (Lipinski definition) is 6. The third-order valence-corrected chi connectivity index (χ3v) is 3.47. The zero-order valence-corrected chi connectivity index (χ0v) is 14.0. The highest BCUT2D eigenvalue weighted by molar-refractivity contribution is 5.97. The molecule has 7 heteroatoms. The maximum Gasteiger partial charge on any atom is 0.263 e. The quantitative estimate of drug-likeness (QED) is 0.322. The molecule has 1 saturated heterocycles. The maximum atomic E-state index is 11.8. The summed E-state index contributed by atoms with van der Waals surface area (Å²) in [4.78, 5) is 14.2. The number of nitrogens with one attached hydrogen (secondary N) is 2. The molecule has 0 aliphatic carbocycles. The lowest BCUT2D eigenvalue weighted by atomic mass is 10.3. The summed E-state index contributed by atoms with van der Waals surface area (Å²) in [6.07, 6.45) is 3.20. The van der Waals surface area contributed by atoms with Gasteiger partial charge in [-0.1, -0.05) is 0 Å². The van der Waals surface area contributed by atoms with Crippen molar-refractivity contribution in [2.24, 2.45) is 0 Å². The highest BCUT2D eigenvalue weighted by Gasteiger charge is 2.09. The molecule has 1 aliphatic rings. The van der Waals surface area contributed by atoms with E-state index >= 15 is 0 Å². The van der Waals surface area contributed by atoms with E-state index in [1.807, 2.05) is 13.0 Å². The number of nitriles is 1. The van der Waals surface area contributed by atoms with Crippen molar-refractivity contribution in [1.29, 1.82) is 5.26 Å². The van der Waals surface area contributed by atoms with Gasteiger partial charge in [0.25, 0.3) is 5.91 Å². The Kier molecular flexibility index (Phi) is 10.9. The lowest BCUT2D eigenvalue weighted by molar-refractivity contribution is -0.117. The Morgan fingerprint density at radius 1 is 1.35 bits per heavy atom. The van der Waals surface area contributed by atoms with E-state index in [2.05, 4.69) is 15.5 Å². The van der Waals surface area contributed by atoms with Gasteiger partial charge in [-0.05, 0) is 26.3 Å². The molecule has 7 nitrogen and oxygen atoms in total. The fourth-order valence-corrected chi connectivity index (χ4v) is 2.17. The summed E-state index contributed by atoms with van der Waals surface area (Å²) < 4.78 is 10.5. The Morgan fingerprint density at radius 2 is 2.13 bits per heavy atom. The molecule has 0 unspecified atom stereocenters. The summed E-state index contributed by atoms with van der Waals surface area (Å²) in [5.74, 6) is -0.343. The second-order valence-corrected chi connectivity index (χ2v) is 5.24. The second kappa shape index (κ2) is 12.9. The van der Waals surface area contributed by atoms with E-state index in [9.17, 15) is 4.79 Å². The average molecular weight is 324 g/mol. The number of carbonyl (C=O) groups is 1. The molecule has 1 rings (SSSR count). The first-order valence-electron chi connectivity index (χ1n) is 8.27. The summed E-state index contributed by atoms with van der Waals surface area (Å²) in [5, 5.41) is 14.8. The first-order valence-corrected chi connectivity index (χ1v) is 8.27. The van der Waals surface area contributed by atoms with Crippen molar-refractivity contribution in [3.63, 3.8) is 0 Å². The molecule has 1 heterocycles. The van der Waals surface area contributed by atoms with Crippen molar-refractivity contribution in [2.45, 2.75) is 19.8 Å². The van der Waals surface area contributed by atoms with Crippen molar-refractivity contribution in [3.8, 4) is 6.07 Å². The van der Waals surface area contributed by atoms with Crippen molar-refractivity contribution in [2.75, 3.05) is 59.2 Å². The molecule has 1 amide bonds. The van der Waals surface area contributed by atoms with E-state index in [1.54, 1.807) is 0 Å². The number of carbonyl (C=O) groups excluding carboxylic acids is 1. The molecular weight excluding hydrogens is 296 g/mol. The summed E-state index contributed by atoms with van der Waals surface area (Å²) in [6, 6.07) is 1.92. The minimum absolute atomic E-state index is 0.104. The number of morpholine rings is 1. The van der Waals surface area contributed by atoms with Crippen LogP contribution in [0.3, 0.4) is 0 Å². The van der Waals surface area contributed by atoms with Crippen LogP contribution in [0.5, 0.6) is 0 Å². The summed E-state index contributed by atoms with van der Waals surface area (Å²) in [6.45, 7) is 9.01. The van der Waals surface area contributed by atoms with Crippen LogP contribution in [-0.4, -0.2) is 70.0 Å². The Bertz CT molecular complexity index is 401.